The van der Waals surface area contributed by atoms with Gasteiger partial charge in [-0.15, -0.1) is 0 Å². The van der Waals surface area contributed by atoms with E-state index in [-0.39, 0.29) is 27.6 Å². The minimum atomic E-state index is -0.818. The number of carbonyl (C=O) groups is 1. The fourth-order valence-corrected chi connectivity index (χ4v) is 5.44. The van der Waals surface area contributed by atoms with Gasteiger partial charge in [0, 0.05) is 17.0 Å². The number of carboxylic acid groups (broad SMARTS) is 1. The molecule has 0 bridgehead atoms. The summed E-state index contributed by atoms with van der Waals surface area (Å²) in [4.78, 5) is 12.6. The van der Waals surface area contributed by atoms with Gasteiger partial charge in [-0.3, -0.25) is 4.79 Å². The van der Waals surface area contributed by atoms with Crippen molar-refractivity contribution in [3.05, 3.63) is 63.2 Å². The molecule has 0 aliphatic carbocycles. The van der Waals surface area contributed by atoms with Crippen molar-refractivity contribution in [1.29, 1.82) is 0 Å². The van der Waals surface area contributed by atoms with Gasteiger partial charge in [0.25, 0.3) is 0 Å². The zero-order valence-electron chi connectivity index (χ0n) is 28.1. The summed E-state index contributed by atoms with van der Waals surface area (Å²) in [7, 11) is 0. The van der Waals surface area contributed by atoms with E-state index in [2.05, 4.69) is 114 Å². The molecule has 2 rings (SSSR count). The first-order valence-electron chi connectivity index (χ1n) is 15.5. The molecular formula is C37H58O3. The predicted molar refractivity (Wildman–Crippen MR) is 171 cm³/mol. The smallest absolute Gasteiger partial charge is 0.310 e. The summed E-state index contributed by atoms with van der Waals surface area (Å²) in [6, 6.07) is 8.93. The Balaban J connectivity index is 3.14. The minimum Gasteiger partial charge on any atom is -0.507 e. The highest BCUT2D eigenvalue weighted by molar-refractivity contribution is 5.77. The number of phenols is 1. The lowest BCUT2D eigenvalue weighted by Crippen LogP contribution is -2.26. The molecule has 0 spiro atoms. The lowest BCUT2D eigenvalue weighted by atomic mass is 9.68. The van der Waals surface area contributed by atoms with Gasteiger partial charge in [-0.1, -0.05) is 114 Å². The molecule has 0 aromatic heterocycles. The van der Waals surface area contributed by atoms with Crippen LogP contribution in [0.4, 0.5) is 0 Å². The van der Waals surface area contributed by atoms with E-state index in [9.17, 15) is 15.0 Å². The zero-order valence-corrected chi connectivity index (χ0v) is 28.1. The standard InChI is InChI=1S/C37H58O3/c1-15-34(7,8)25-19-27(31(24(6)33(39)40)29(21-25)36(11,12)17-3)23(5)28-20-26(35(9,10)16-2)22-30(32(28)38)37(13,14)18-4/h19-24,38H,15-18H2,1-14H3,(H,39,40). The number of aromatic hydroxyl groups is 1. The lowest BCUT2D eigenvalue weighted by Gasteiger charge is -2.36. The summed E-state index contributed by atoms with van der Waals surface area (Å²) in [5, 5.41) is 22.2. The SMILES string of the molecule is CCC(C)(C)c1cc(C(C)c2cc(C(C)(C)CC)cc(C(C)(C)CC)c2C(C)C(=O)O)c(O)c(C(C)(C)CC)c1. The fraction of sp³-hybridized carbons (Fsp3) is 0.649. The van der Waals surface area contributed by atoms with E-state index >= 15 is 0 Å². The molecule has 3 nitrogen and oxygen atoms in total. The summed E-state index contributed by atoms with van der Waals surface area (Å²) in [6.07, 6.45) is 3.76. The second-order valence-corrected chi connectivity index (χ2v) is 14.7. The molecule has 0 aliphatic heterocycles. The maximum absolute atomic E-state index is 12.6. The van der Waals surface area contributed by atoms with Crippen molar-refractivity contribution in [1.82, 2.24) is 0 Å². The number of phenolic OH excluding ortho intramolecular Hbond substituents is 1. The van der Waals surface area contributed by atoms with Gasteiger partial charge in [0.2, 0.25) is 0 Å². The first kappa shape index (κ1) is 33.9. The number of hydrogen-bond acceptors (Lipinski definition) is 2. The second kappa shape index (κ2) is 11.9. The molecule has 0 aliphatic rings. The van der Waals surface area contributed by atoms with E-state index in [1.54, 1.807) is 0 Å². The Hall–Kier alpha value is -2.29. The molecule has 2 aromatic carbocycles. The molecule has 2 atom stereocenters. The normalized spacial score (nSPS) is 14.8. The average Bonchev–Trinajstić information content (AvgIpc) is 2.91. The number of carboxylic acids is 1. The van der Waals surface area contributed by atoms with E-state index < -0.39 is 11.9 Å². The molecule has 0 saturated carbocycles. The van der Waals surface area contributed by atoms with Crippen LogP contribution in [0.15, 0.2) is 24.3 Å². The summed E-state index contributed by atoms with van der Waals surface area (Å²) in [5.74, 6) is -1.32. The van der Waals surface area contributed by atoms with Gasteiger partial charge in [-0.2, -0.15) is 0 Å². The molecule has 0 saturated heterocycles. The van der Waals surface area contributed by atoms with Crippen molar-refractivity contribution < 1.29 is 15.0 Å². The van der Waals surface area contributed by atoms with Crippen LogP contribution in [-0.4, -0.2) is 16.2 Å². The summed E-state index contributed by atoms with van der Waals surface area (Å²) >= 11 is 0. The molecule has 224 valence electrons. The first-order chi connectivity index (χ1) is 18.2. The van der Waals surface area contributed by atoms with Crippen LogP contribution in [0.3, 0.4) is 0 Å². The van der Waals surface area contributed by atoms with Crippen LogP contribution in [0.25, 0.3) is 0 Å². The zero-order chi connectivity index (χ0) is 31.0. The molecule has 2 N–H and O–H groups in total. The van der Waals surface area contributed by atoms with E-state index in [1.807, 2.05) is 6.92 Å². The molecule has 0 radical (unpaired) electrons. The molecule has 2 aromatic rings. The number of hydrogen-bond donors (Lipinski definition) is 2. The first-order valence-corrected chi connectivity index (χ1v) is 15.5. The van der Waals surface area contributed by atoms with E-state index in [4.69, 9.17) is 0 Å². The van der Waals surface area contributed by atoms with Crippen LogP contribution >= 0.6 is 0 Å². The Morgan fingerprint density at radius 1 is 0.650 bits per heavy atom. The van der Waals surface area contributed by atoms with Crippen molar-refractivity contribution in [2.24, 2.45) is 0 Å². The average molecular weight is 551 g/mol. The maximum Gasteiger partial charge on any atom is 0.310 e. The van der Waals surface area contributed by atoms with E-state index in [0.717, 1.165) is 53.5 Å². The van der Waals surface area contributed by atoms with Crippen LogP contribution in [0.1, 0.15) is 173 Å². The van der Waals surface area contributed by atoms with Crippen LogP contribution in [0.5, 0.6) is 5.75 Å². The summed E-state index contributed by atoms with van der Waals surface area (Å²) < 4.78 is 0. The molecule has 0 amide bonds. The van der Waals surface area contributed by atoms with Gasteiger partial charge < -0.3 is 10.2 Å². The third-order valence-corrected chi connectivity index (χ3v) is 10.6. The molecule has 0 heterocycles. The van der Waals surface area contributed by atoms with Crippen molar-refractivity contribution in [2.75, 3.05) is 0 Å². The highest BCUT2D eigenvalue weighted by Gasteiger charge is 2.35. The van der Waals surface area contributed by atoms with Crippen molar-refractivity contribution in [2.45, 2.75) is 156 Å². The van der Waals surface area contributed by atoms with Gasteiger partial charge in [0.05, 0.1) is 5.92 Å². The minimum absolute atomic E-state index is 0.0562. The monoisotopic (exact) mass is 550 g/mol. The summed E-state index contributed by atoms with van der Waals surface area (Å²) in [5.41, 5.74) is 6.83. The number of benzene rings is 2. The highest BCUT2D eigenvalue weighted by atomic mass is 16.4. The Morgan fingerprint density at radius 2 is 1.02 bits per heavy atom. The highest BCUT2D eigenvalue weighted by Crippen LogP contribution is 2.47. The van der Waals surface area contributed by atoms with Crippen molar-refractivity contribution in [3.8, 4) is 5.75 Å². The topological polar surface area (TPSA) is 57.5 Å². The quantitative estimate of drug-likeness (QED) is 0.276. The fourth-order valence-electron chi connectivity index (χ4n) is 5.44. The number of rotatable bonds is 12. The van der Waals surface area contributed by atoms with Gasteiger partial charge in [-0.05, 0) is 82.1 Å². The third-order valence-electron chi connectivity index (χ3n) is 10.6. The summed E-state index contributed by atoms with van der Waals surface area (Å²) in [6.45, 7) is 30.6. The molecule has 40 heavy (non-hydrogen) atoms. The Labute approximate surface area is 245 Å². The second-order valence-electron chi connectivity index (χ2n) is 14.7. The molecule has 2 unspecified atom stereocenters. The Kier molecular flexibility index (Phi) is 10.1. The molecule has 0 fully saturated rings. The maximum atomic E-state index is 12.6. The van der Waals surface area contributed by atoms with Gasteiger partial charge >= 0.3 is 5.97 Å². The largest absolute Gasteiger partial charge is 0.507 e. The number of aliphatic carboxylic acids is 1. The van der Waals surface area contributed by atoms with E-state index in [0.29, 0.717) is 5.75 Å². The van der Waals surface area contributed by atoms with Crippen molar-refractivity contribution >= 4 is 5.97 Å². The molecular weight excluding hydrogens is 492 g/mol. The van der Waals surface area contributed by atoms with Gasteiger partial charge in [0.1, 0.15) is 5.75 Å². The lowest BCUT2D eigenvalue weighted by molar-refractivity contribution is -0.138. The van der Waals surface area contributed by atoms with Crippen molar-refractivity contribution in [3.63, 3.8) is 0 Å². The van der Waals surface area contributed by atoms with Crippen LogP contribution in [0, 0.1) is 0 Å². The van der Waals surface area contributed by atoms with Crippen LogP contribution in [0.2, 0.25) is 0 Å². The van der Waals surface area contributed by atoms with Crippen LogP contribution in [-0.2, 0) is 26.5 Å². The van der Waals surface area contributed by atoms with E-state index in [1.165, 1.54) is 11.1 Å². The third kappa shape index (κ3) is 6.44. The Bertz CT molecular complexity index is 1210. The van der Waals surface area contributed by atoms with Gasteiger partial charge in [-0.25, -0.2) is 0 Å². The predicted octanol–water partition coefficient (Wildman–Crippen LogP) is 10.5. The molecule has 3 heteroatoms. The van der Waals surface area contributed by atoms with Crippen LogP contribution < -0.4 is 0 Å². The van der Waals surface area contributed by atoms with Gasteiger partial charge in [0.15, 0.2) is 0 Å². The Morgan fingerprint density at radius 3 is 1.43 bits per heavy atom.